The monoisotopic (exact) mass is 236 g/mol. The lowest BCUT2D eigenvalue weighted by Gasteiger charge is -2.36. The van der Waals surface area contributed by atoms with Crippen LogP contribution in [0, 0.1) is 0 Å². The van der Waals surface area contributed by atoms with Gasteiger partial charge in [0.15, 0.2) is 0 Å². The Morgan fingerprint density at radius 1 is 1.25 bits per heavy atom. The van der Waals surface area contributed by atoms with E-state index in [9.17, 15) is 4.79 Å². The molecule has 1 heterocycles. The van der Waals surface area contributed by atoms with E-state index < -0.39 is 5.54 Å². The number of carbonyl (C=O) groups excluding carboxylic acids is 1. The molecular formula is C12H13ClN2O. The predicted octanol–water partition coefficient (Wildman–Crippen LogP) is 3.02. The van der Waals surface area contributed by atoms with E-state index in [4.69, 9.17) is 11.6 Å². The Morgan fingerprint density at radius 2 is 2.00 bits per heavy atom. The van der Waals surface area contributed by atoms with Crippen LogP contribution in [0.15, 0.2) is 18.2 Å². The molecule has 1 aliphatic heterocycles. The molecule has 0 atom stereocenters. The Morgan fingerprint density at radius 3 is 2.75 bits per heavy atom. The number of fused-ring (bicyclic) bond motifs is 1. The molecule has 0 aromatic heterocycles. The van der Waals surface area contributed by atoms with Gasteiger partial charge in [-0.25, -0.2) is 0 Å². The van der Waals surface area contributed by atoms with Gasteiger partial charge in [0.1, 0.15) is 5.54 Å². The Bertz CT molecular complexity index is 452. The molecule has 16 heavy (non-hydrogen) atoms. The summed E-state index contributed by atoms with van der Waals surface area (Å²) in [6.07, 6.45) is 3.98. The van der Waals surface area contributed by atoms with Crippen LogP contribution in [0.1, 0.15) is 25.7 Å². The molecule has 84 valence electrons. The highest BCUT2D eigenvalue weighted by molar-refractivity contribution is 6.34. The molecule has 1 saturated carbocycles. The predicted molar refractivity (Wildman–Crippen MR) is 64.9 cm³/mol. The van der Waals surface area contributed by atoms with E-state index in [1.54, 1.807) is 0 Å². The summed E-state index contributed by atoms with van der Waals surface area (Å²) in [5.41, 5.74) is 1.23. The van der Waals surface area contributed by atoms with E-state index in [0.29, 0.717) is 5.02 Å². The lowest BCUT2D eigenvalue weighted by atomic mass is 9.93. The van der Waals surface area contributed by atoms with E-state index in [-0.39, 0.29) is 5.91 Å². The SMILES string of the molecule is O=C1Nc2cccc(Cl)c2NC12CCCC2. The summed E-state index contributed by atoms with van der Waals surface area (Å²) in [7, 11) is 0. The number of anilines is 2. The second kappa shape index (κ2) is 3.39. The van der Waals surface area contributed by atoms with Crippen LogP contribution in [0.25, 0.3) is 0 Å². The first-order valence-electron chi connectivity index (χ1n) is 5.59. The third kappa shape index (κ3) is 1.31. The second-order valence-corrected chi connectivity index (χ2v) is 4.94. The number of halogens is 1. The highest BCUT2D eigenvalue weighted by Gasteiger charge is 2.44. The van der Waals surface area contributed by atoms with Gasteiger partial charge in [-0.1, -0.05) is 30.5 Å². The molecule has 0 unspecified atom stereocenters. The minimum Gasteiger partial charge on any atom is -0.368 e. The van der Waals surface area contributed by atoms with Crippen molar-refractivity contribution in [2.75, 3.05) is 10.6 Å². The zero-order valence-corrected chi connectivity index (χ0v) is 9.60. The van der Waals surface area contributed by atoms with Crippen molar-refractivity contribution < 1.29 is 4.79 Å². The van der Waals surface area contributed by atoms with Crippen molar-refractivity contribution in [1.29, 1.82) is 0 Å². The van der Waals surface area contributed by atoms with Crippen molar-refractivity contribution in [1.82, 2.24) is 0 Å². The van der Waals surface area contributed by atoms with Gasteiger partial charge in [-0.3, -0.25) is 4.79 Å². The highest BCUT2D eigenvalue weighted by atomic mass is 35.5. The van der Waals surface area contributed by atoms with Crippen LogP contribution in [-0.4, -0.2) is 11.4 Å². The molecule has 4 heteroatoms. The third-order valence-corrected chi connectivity index (χ3v) is 3.83. The standard InChI is InChI=1S/C12H13ClN2O/c13-8-4-3-5-9-10(8)15-12(11(16)14-9)6-1-2-7-12/h3-5,15H,1-2,6-7H2,(H,14,16). The number of benzene rings is 1. The van der Waals surface area contributed by atoms with E-state index in [1.807, 2.05) is 18.2 Å². The molecule has 1 aromatic carbocycles. The molecule has 1 aromatic rings. The lowest BCUT2D eigenvalue weighted by molar-refractivity contribution is -0.120. The third-order valence-electron chi connectivity index (χ3n) is 3.52. The maximum absolute atomic E-state index is 12.1. The molecule has 0 radical (unpaired) electrons. The lowest BCUT2D eigenvalue weighted by Crippen LogP contribution is -2.50. The molecule has 2 N–H and O–H groups in total. The number of nitrogens with one attached hydrogen (secondary N) is 2. The molecule has 0 saturated heterocycles. The molecule has 1 aliphatic carbocycles. The quantitative estimate of drug-likeness (QED) is 0.727. The summed E-state index contributed by atoms with van der Waals surface area (Å²) < 4.78 is 0. The number of para-hydroxylation sites is 1. The van der Waals surface area contributed by atoms with Crippen molar-refractivity contribution in [3.05, 3.63) is 23.2 Å². The molecular weight excluding hydrogens is 224 g/mol. The van der Waals surface area contributed by atoms with Crippen molar-refractivity contribution >= 4 is 28.9 Å². The molecule has 2 aliphatic rings. The van der Waals surface area contributed by atoms with E-state index in [0.717, 1.165) is 37.1 Å². The highest BCUT2D eigenvalue weighted by Crippen LogP contribution is 2.42. The van der Waals surface area contributed by atoms with Crippen LogP contribution >= 0.6 is 11.6 Å². The maximum atomic E-state index is 12.1. The van der Waals surface area contributed by atoms with Crippen LogP contribution in [0.3, 0.4) is 0 Å². The van der Waals surface area contributed by atoms with Gasteiger partial charge in [-0.15, -0.1) is 0 Å². The van der Waals surface area contributed by atoms with Crippen molar-refractivity contribution in [3.8, 4) is 0 Å². The topological polar surface area (TPSA) is 41.1 Å². The van der Waals surface area contributed by atoms with Gasteiger partial charge in [0, 0.05) is 0 Å². The first-order chi connectivity index (χ1) is 7.71. The van der Waals surface area contributed by atoms with Gasteiger partial charge in [-0.2, -0.15) is 0 Å². The van der Waals surface area contributed by atoms with E-state index >= 15 is 0 Å². The summed E-state index contributed by atoms with van der Waals surface area (Å²) in [4.78, 5) is 12.1. The zero-order valence-electron chi connectivity index (χ0n) is 8.85. The van der Waals surface area contributed by atoms with Gasteiger partial charge >= 0.3 is 0 Å². The minimum absolute atomic E-state index is 0.0831. The fourth-order valence-electron chi connectivity index (χ4n) is 2.62. The molecule has 3 nitrogen and oxygen atoms in total. The molecule has 3 rings (SSSR count). The smallest absolute Gasteiger partial charge is 0.250 e. The summed E-state index contributed by atoms with van der Waals surface area (Å²) in [6.45, 7) is 0. The number of rotatable bonds is 0. The Kier molecular flexibility index (Phi) is 2.11. The van der Waals surface area contributed by atoms with Gasteiger partial charge < -0.3 is 10.6 Å². The van der Waals surface area contributed by atoms with Gasteiger partial charge in [0.25, 0.3) is 0 Å². The van der Waals surface area contributed by atoms with Crippen LogP contribution < -0.4 is 10.6 Å². The average molecular weight is 237 g/mol. The largest absolute Gasteiger partial charge is 0.368 e. The molecule has 1 spiro atoms. The number of hydrogen-bond donors (Lipinski definition) is 2. The molecule has 1 fully saturated rings. The summed E-state index contributed by atoms with van der Waals surface area (Å²) in [6, 6.07) is 5.55. The van der Waals surface area contributed by atoms with Crippen molar-refractivity contribution in [2.45, 2.75) is 31.2 Å². The van der Waals surface area contributed by atoms with E-state index in [2.05, 4.69) is 10.6 Å². The zero-order chi connectivity index (χ0) is 11.2. The Balaban J connectivity index is 2.06. The molecule has 1 amide bonds. The van der Waals surface area contributed by atoms with Gasteiger partial charge in [0.2, 0.25) is 5.91 Å². The molecule has 0 bridgehead atoms. The normalized spacial score (nSPS) is 21.4. The maximum Gasteiger partial charge on any atom is 0.250 e. The van der Waals surface area contributed by atoms with Crippen LogP contribution in [0.2, 0.25) is 5.02 Å². The number of hydrogen-bond acceptors (Lipinski definition) is 2. The first kappa shape index (κ1) is 9.97. The van der Waals surface area contributed by atoms with Crippen molar-refractivity contribution in [2.24, 2.45) is 0 Å². The number of amides is 1. The van der Waals surface area contributed by atoms with Gasteiger partial charge in [-0.05, 0) is 25.0 Å². The fraction of sp³-hybridized carbons (Fsp3) is 0.417. The van der Waals surface area contributed by atoms with Crippen LogP contribution in [0.4, 0.5) is 11.4 Å². The Hall–Kier alpha value is -1.22. The first-order valence-corrected chi connectivity index (χ1v) is 5.97. The summed E-state index contributed by atoms with van der Waals surface area (Å²) >= 11 is 6.14. The summed E-state index contributed by atoms with van der Waals surface area (Å²) in [5, 5.41) is 6.96. The number of carbonyl (C=O) groups is 1. The van der Waals surface area contributed by atoms with Gasteiger partial charge in [0.05, 0.1) is 16.4 Å². The van der Waals surface area contributed by atoms with Crippen LogP contribution in [0.5, 0.6) is 0 Å². The van der Waals surface area contributed by atoms with E-state index in [1.165, 1.54) is 0 Å². The minimum atomic E-state index is -0.419. The Labute approximate surface area is 99.2 Å². The average Bonchev–Trinajstić information content (AvgIpc) is 2.72. The second-order valence-electron chi connectivity index (χ2n) is 4.53. The van der Waals surface area contributed by atoms with Crippen molar-refractivity contribution in [3.63, 3.8) is 0 Å². The fourth-order valence-corrected chi connectivity index (χ4v) is 2.85. The van der Waals surface area contributed by atoms with Crippen LogP contribution in [-0.2, 0) is 4.79 Å². The summed E-state index contributed by atoms with van der Waals surface area (Å²) in [5.74, 6) is 0.0831.